The first-order valence-electron chi connectivity index (χ1n) is 11.8. The molecule has 0 bridgehead atoms. The number of amides is 1. The fourth-order valence-corrected chi connectivity index (χ4v) is 4.70. The van der Waals surface area contributed by atoms with Crippen LogP contribution in [-0.2, 0) is 38.0 Å². The maximum atomic E-state index is 14.5. The van der Waals surface area contributed by atoms with Crippen LogP contribution in [-0.4, -0.2) is 75.6 Å². The molecule has 2 aliphatic rings. The Kier molecular flexibility index (Phi) is 11.9. The summed E-state index contributed by atoms with van der Waals surface area (Å²) in [5.41, 5.74) is 0.678. The van der Waals surface area contributed by atoms with Crippen LogP contribution in [0.3, 0.4) is 0 Å². The number of aliphatic carboxylic acids is 1. The van der Waals surface area contributed by atoms with E-state index in [1.807, 2.05) is 9.88 Å². The summed E-state index contributed by atoms with van der Waals surface area (Å²) in [5.74, 6) is 1.75. The van der Waals surface area contributed by atoms with Crippen LogP contribution < -0.4 is 24.6 Å². The largest absolute Gasteiger partial charge is 0.778 e. The highest BCUT2D eigenvalue weighted by Gasteiger charge is 2.31. The summed E-state index contributed by atoms with van der Waals surface area (Å²) in [4.78, 5) is 46.3. The molecule has 220 valence electrons. The second-order valence-corrected chi connectivity index (χ2v) is 14.8. The highest BCUT2D eigenvalue weighted by Crippen LogP contribution is 2.37. The van der Waals surface area contributed by atoms with Gasteiger partial charge in [0.15, 0.2) is 12.4 Å². The van der Waals surface area contributed by atoms with E-state index in [9.17, 15) is 23.4 Å². The molecule has 0 fully saturated rings. The molecule has 3 heterocycles. The number of anilines is 1. The summed E-state index contributed by atoms with van der Waals surface area (Å²) in [6, 6.07) is 2.76. The van der Waals surface area contributed by atoms with Crippen LogP contribution in [0.15, 0.2) is 17.1 Å². The van der Waals surface area contributed by atoms with Gasteiger partial charge in [-0.2, -0.15) is 4.37 Å². The van der Waals surface area contributed by atoms with Crippen LogP contribution in [0.4, 0.5) is 15.8 Å². The zero-order chi connectivity index (χ0) is 30.3. The summed E-state index contributed by atoms with van der Waals surface area (Å²) < 4.78 is 36.3. The maximum Gasteiger partial charge on any atom is 0.317 e. The number of fused-ring (bicyclic) bond motifs is 2. The van der Waals surface area contributed by atoms with Gasteiger partial charge in [-0.05, 0) is 22.4 Å². The molecule has 4 rings (SSSR count). The molecule has 0 saturated heterocycles. The van der Waals surface area contributed by atoms with Crippen molar-refractivity contribution in [2.45, 2.75) is 26.8 Å². The van der Waals surface area contributed by atoms with E-state index in [4.69, 9.17) is 21.2 Å². The summed E-state index contributed by atoms with van der Waals surface area (Å²) in [6.45, 7) is 4.57. The van der Waals surface area contributed by atoms with E-state index in [0.717, 1.165) is 18.8 Å². The number of nitrogens with zero attached hydrogens (tertiary/aromatic N) is 4. The molecule has 2 aromatic rings. The molecular formula is C24H33FN5O7PS2. The number of carbonyl (C=O) groups excluding carboxylic acids is 1. The van der Waals surface area contributed by atoms with Crippen molar-refractivity contribution < 1.29 is 38.2 Å². The van der Waals surface area contributed by atoms with Gasteiger partial charge in [0.2, 0.25) is 4.80 Å². The quantitative estimate of drug-likeness (QED) is 0.242. The highest BCUT2D eigenvalue weighted by molar-refractivity contribution is 7.94. The molecule has 3 N–H and O–H groups in total. The first kappa shape index (κ1) is 33.5. The minimum Gasteiger partial charge on any atom is -0.778 e. The first-order chi connectivity index (χ1) is 18.5. The Labute approximate surface area is 239 Å². The van der Waals surface area contributed by atoms with Crippen molar-refractivity contribution in [3.63, 3.8) is 0 Å². The number of carboxylic acid groups (broad SMARTS) is 1. The lowest BCUT2D eigenvalue weighted by molar-refractivity contribution is -0.193. The van der Waals surface area contributed by atoms with E-state index in [1.54, 1.807) is 0 Å². The monoisotopic (exact) mass is 617 g/mol. The van der Waals surface area contributed by atoms with Gasteiger partial charge in [-0.3, -0.25) is 19.8 Å². The number of aromatic nitrogens is 2. The van der Waals surface area contributed by atoms with Crippen molar-refractivity contribution in [3.8, 4) is 18.1 Å². The van der Waals surface area contributed by atoms with Crippen LogP contribution in [0.5, 0.6) is 5.75 Å². The van der Waals surface area contributed by atoms with E-state index >= 15 is 0 Å². The normalized spacial score (nSPS) is 16.9. The molecule has 1 amide bonds. The van der Waals surface area contributed by atoms with E-state index in [1.165, 1.54) is 28.6 Å². The Morgan fingerprint density at radius 2 is 2.08 bits per heavy atom. The number of ether oxygens (including phenoxy) is 1. The maximum absolute atomic E-state index is 14.5. The molecule has 16 heteroatoms. The van der Waals surface area contributed by atoms with Crippen LogP contribution >= 0.6 is 19.1 Å². The van der Waals surface area contributed by atoms with Crippen molar-refractivity contribution in [2.24, 2.45) is 10.4 Å². The standard InChI is InChI=1S/C18H17FN4O2S.C3H8NO5P.C3H9S/c1-4-5-22-13-7-12(11(19)6-14(13)25-9-16(22)24)20-17-23-10-18(2,3)8-15(23)21-26-17;5-3(6)1-4-2-10(7,8)9;1-4(2)3/h1,6-7H,5,8-10H2,2-3H3;4H,1-2H2,(H,5,6)(H2,7,8,9);1-3H3/q;;+1/p-1. The number of terminal acetylenes is 1. The van der Waals surface area contributed by atoms with Crippen molar-refractivity contribution >= 4 is 53.3 Å². The van der Waals surface area contributed by atoms with E-state index in [2.05, 4.69) is 47.9 Å². The van der Waals surface area contributed by atoms with Crippen LogP contribution in [0.1, 0.15) is 19.7 Å². The number of nitrogens with one attached hydrogen (secondary N) is 1. The Morgan fingerprint density at radius 1 is 1.43 bits per heavy atom. The molecule has 2 aliphatic heterocycles. The summed E-state index contributed by atoms with van der Waals surface area (Å²) >= 11 is 1.24. The predicted octanol–water partition coefficient (Wildman–Crippen LogP) is 0.915. The number of hydrogen-bond donors (Lipinski definition) is 3. The van der Waals surface area contributed by atoms with Gasteiger partial charge in [0.25, 0.3) is 5.91 Å². The predicted molar refractivity (Wildman–Crippen MR) is 151 cm³/mol. The molecule has 1 aromatic carbocycles. The van der Waals surface area contributed by atoms with Crippen LogP contribution in [0.2, 0.25) is 0 Å². The van der Waals surface area contributed by atoms with Gasteiger partial charge in [-0.1, -0.05) is 19.8 Å². The molecule has 1 aromatic heterocycles. The third kappa shape index (κ3) is 10.3. The Morgan fingerprint density at radius 3 is 2.65 bits per heavy atom. The summed E-state index contributed by atoms with van der Waals surface area (Å²) in [6.07, 6.45) is 12.1. The van der Waals surface area contributed by atoms with Gasteiger partial charge < -0.3 is 28.8 Å². The van der Waals surface area contributed by atoms with Gasteiger partial charge >= 0.3 is 5.97 Å². The number of halogens is 1. The summed E-state index contributed by atoms with van der Waals surface area (Å²) in [5, 5.41) is 9.97. The van der Waals surface area contributed by atoms with Crippen molar-refractivity contribution in [3.05, 3.63) is 28.6 Å². The number of carbonyl (C=O) groups is 2. The molecule has 0 saturated carbocycles. The Bertz CT molecular complexity index is 1380. The lowest BCUT2D eigenvalue weighted by Crippen LogP contribution is -2.39. The number of benzene rings is 1. The van der Waals surface area contributed by atoms with Gasteiger partial charge in [-0.15, -0.1) is 6.42 Å². The first-order valence-corrected chi connectivity index (χ1v) is 16.8. The minimum atomic E-state index is -4.35. The van der Waals surface area contributed by atoms with Gasteiger partial charge in [0, 0.05) is 30.6 Å². The number of rotatable bonds is 6. The average molecular weight is 618 g/mol. The SMILES string of the molecule is C#CCN1C(=O)COc2cc(F)c(N=c3snc4n3CC(C)(C)C4)cc21.C[S+](C)C.O=C(O)CNCP(=O)([O-])O. The van der Waals surface area contributed by atoms with E-state index in [0.29, 0.717) is 27.1 Å². The van der Waals surface area contributed by atoms with Gasteiger partial charge in [-0.25, -0.2) is 9.38 Å². The third-order valence-electron chi connectivity index (χ3n) is 5.02. The molecule has 0 aliphatic carbocycles. The second kappa shape index (κ2) is 14.2. The molecule has 1 atom stereocenters. The number of hydrogen-bond acceptors (Lipinski definition) is 9. The lowest BCUT2D eigenvalue weighted by Gasteiger charge is -2.28. The molecule has 0 radical (unpaired) electrons. The Balaban J connectivity index is 0.000000335. The lowest BCUT2D eigenvalue weighted by atomic mass is 9.92. The fourth-order valence-electron chi connectivity index (χ4n) is 3.55. The van der Waals surface area contributed by atoms with E-state index < -0.39 is 32.2 Å². The minimum absolute atomic E-state index is 0.0964. The van der Waals surface area contributed by atoms with Crippen LogP contribution in [0.25, 0.3) is 0 Å². The highest BCUT2D eigenvalue weighted by atomic mass is 32.2. The molecule has 1 unspecified atom stereocenters. The number of carboxylic acids is 1. The molecule has 0 spiro atoms. The average Bonchev–Trinajstić information content (AvgIpc) is 3.31. The van der Waals surface area contributed by atoms with E-state index in [-0.39, 0.29) is 30.2 Å². The van der Waals surface area contributed by atoms with Crippen molar-refractivity contribution in [1.82, 2.24) is 14.3 Å². The van der Waals surface area contributed by atoms with Gasteiger partial charge in [0.05, 0.1) is 43.8 Å². The molecule has 12 nitrogen and oxygen atoms in total. The second-order valence-electron chi connectivity index (χ2n) is 10.0. The molecule has 40 heavy (non-hydrogen) atoms. The van der Waals surface area contributed by atoms with Crippen molar-refractivity contribution in [1.29, 1.82) is 0 Å². The van der Waals surface area contributed by atoms with Gasteiger partial charge in [0.1, 0.15) is 24.9 Å². The smallest absolute Gasteiger partial charge is 0.317 e. The molecular weight excluding hydrogens is 584 g/mol. The topological polar surface area (TPSA) is 169 Å². The summed E-state index contributed by atoms with van der Waals surface area (Å²) in [7, 11) is -3.71. The Hall–Kier alpha value is -2.73. The van der Waals surface area contributed by atoms with Crippen molar-refractivity contribution in [2.75, 3.05) is 49.6 Å². The fraction of sp³-hybridized carbons (Fsp3) is 0.500. The third-order valence-corrected chi connectivity index (χ3v) is 6.42. The van der Waals surface area contributed by atoms with Crippen LogP contribution in [0, 0.1) is 23.6 Å². The zero-order valence-corrected chi connectivity index (χ0v) is 25.4. The zero-order valence-electron chi connectivity index (χ0n) is 22.8.